The number of amides is 3. The number of aromatic amines is 1. The second-order valence-electron chi connectivity index (χ2n) is 7.45. The van der Waals surface area contributed by atoms with Gasteiger partial charge in [-0.3, -0.25) is 4.79 Å². The van der Waals surface area contributed by atoms with Crippen molar-refractivity contribution in [1.82, 2.24) is 20.6 Å². The Bertz CT molecular complexity index is 1140. The maximum absolute atomic E-state index is 12.6. The van der Waals surface area contributed by atoms with Crippen LogP contribution in [0.25, 0.3) is 11.0 Å². The molecule has 1 atom stereocenters. The molecule has 4 rings (SSSR count). The van der Waals surface area contributed by atoms with Gasteiger partial charge in [0, 0.05) is 18.7 Å². The Morgan fingerprint density at radius 2 is 1.56 bits per heavy atom. The third kappa shape index (κ3) is 5.72. The van der Waals surface area contributed by atoms with Crippen molar-refractivity contribution in [3.63, 3.8) is 0 Å². The predicted octanol–water partition coefficient (Wildman–Crippen LogP) is 4.17. The fourth-order valence-corrected chi connectivity index (χ4v) is 3.46. The molecule has 0 unspecified atom stereocenters. The van der Waals surface area contributed by atoms with Crippen molar-refractivity contribution < 1.29 is 9.59 Å². The normalized spacial score (nSPS) is 11.6. The van der Waals surface area contributed by atoms with Crippen molar-refractivity contribution in [3.8, 4) is 0 Å². The highest BCUT2D eigenvalue weighted by Gasteiger charge is 2.19. The Labute approximate surface area is 186 Å². The van der Waals surface area contributed by atoms with Crippen molar-refractivity contribution in [1.29, 1.82) is 0 Å². The van der Waals surface area contributed by atoms with Gasteiger partial charge >= 0.3 is 6.03 Å². The van der Waals surface area contributed by atoms with E-state index >= 15 is 0 Å². The van der Waals surface area contributed by atoms with Crippen LogP contribution in [0.15, 0.2) is 84.9 Å². The Morgan fingerprint density at radius 1 is 0.875 bits per heavy atom. The maximum atomic E-state index is 12.6. The minimum atomic E-state index is -0.345. The average Bonchev–Trinajstić information content (AvgIpc) is 3.24. The third-order valence-electron chi connectivity index (χ3n) is 5.02. The molecule has 0 aliphatic rings. The smallest absolute Gasteiger partial charge is 0.319 e. The molecule has 0 bridgehead atoms. The number of anilines is 1. The van der Waals surface area contributed by atoms with E-state index in [1.165, 1.54) is 0 Å². The van der Waals surface area contributed by atoms with Crippen molar-refractivity contribution in [2.45, 2.75) is 18.9 Å². The number of benzene rings is 3. The third-order valence-corrected chi connectivity index (χ3v) is 5.02. The van der Waals surface area contributed by atoms with Crippen LogP contribution in [0.1, 0.15) is 23.9 Å². The summed E-state index contributed by atoms with van der Waals surface area (Å²) in [5, 5.41) is 8.51. The molecule has 1 heterocycles. The molecule has 3 amide bonds. The van der Waals surface area contributed by atoms with Gasteiger partial charge in [0.2, 0.25) is 5.91 Å². The second-order valence-corrected chi connectivity index (χ2v) is 7.45. The number of carbonyl (C=O) groups is 2. The molecule has 162 valence electrons. The Kier molecular flexibility index (Phi) is 6.77. The summed E-state index contributed by atoms with van der Waals surface area (Å²) < 4.78 is 0. The average molecular weight is 428 g/mol. The first kappa shape index (κ1) is 21.1. The molecule has 0 fully saturated rings. The topological polar surface area (TPSA) is 98.9 Å². The fraction of sp³-hybridized carbons (Fsp3) is 0.160. The number of carbonyl (C=O) groups excluding carboxylic acids is 2. The molecular formula is C25H25N5O2. The fourth-order valence-electron chi connectivity index (χ4n) is 3.46. The summed E-state index contributed by atoms with van der Waals surface area (Å²) in [6.45, 7) is 0.225. The lowest BCUT2D eigenvalue weighted by Crippen LogP contribution is -2.35. The molecule has 32 heavy (non-hydrogen) atoms. The van der Waals surface area contributed by atoms with Crippen molar-refractivity contribution in [3.05, 3.63) is 96.3 Å². The van der Waals surface area contributed by atoms with E-state index in [1.54, 1.807) is 12.1 Å². The number of imidazole rings is 1. The van der Waals surface area contributed by atoms with Gasteiger partial charge < -0.3 is 20.9 Å². The van der Waals surface area contributed by atoms with Gasteiger partial charge in [0.1, 0.15) is 5.82 Å². The van der Waals surface area contributed by atoms with E-state index < -0.39 is 0 Å². The van der Waals surface area contributed by atoms with E-state index in [4.69, 9.17) is 0 Å². The van der Waals surface area contributed by atoms with Gasteiger partial charge in [-0.15, -0.1) is 0 Å². The van der Waals surface area contributed by atoms with Gasteiger partial charge in [-0.05, 0) is 36.2 Å². The van der Waals surface area contributed by atoms with Gasteiger partial charge in [-0.25, -0.2) is 9.78 Å². The lowest BCUT2D eigenvalue weighted by Gasteiger charge is -2.17. The minimum absolute atomic E-state index is 0.160. The molecule has 0 radical (unpaired) electrons. The Morgan fingerprint density at radius 3 is 2.31 bits per heavy atom. The van der Waals surface area contributed by atoms with E-state index in [1.807, 2.05) is 72.8 Å². The van der Waals surface area contributed by atoms with Gasteiger partial charge in [-0.1, -0.05) is 60.7 Å². The molecule has 0 spiro atoms. The molecule has 4 N–H and O–H groups in total. The number of fused-ring (bicyclic) bond motifs is 1. The summed E-state index contributed by atoms with van der Waals surface area (Å²) >= 11 is 0. The largest absolute Gasteiger partial charge is 0.346 e. The highest BCUT2D eigenvalue weighted by Crippen LogP contribution is 2.20. The number of urea groups is 1. The molecule has 7 heteroatoms. The van der Waals surface area contributed by atoms with Crippen molar-refractivity contribution >= 4 is 28.7 Å². The van der Waals surface area contributed by atoms with E-state index in [2.05, 4.69) is 25.9 Å². The first-order valence-electron chi connectivity index (χ1n) is 10.6. The van der Waals surface area contributed by atoms with Crippen LogP contribution >= 0.6 is 0 Å². The number of hydrogen-bond donors (Lipinski definition) is 4. The molecule has 7 nitrogen and oxygen atoms in total. The molecule has 0 aliphatic carbocycles. The molecule has 3 aromatic carbocycles. The summed E-state index contributed by atoms with van der Waals surface area (Å²) in [6.07, 6.45) is 0.766. The number of rotatable bonds is 8. The molecular weight excluding hydrogens is 402 g/mol. The number of hydrogen-bond acceptors (Lipinski definition) is 3. The number of H-pyrrole nitrogens is 1. The van der Waals surface area contributed by atoms with Crippen LogP contribution in [0.5, 0.6) is 0 Å². The molecule has 1 aromatic heterocycles. The van der Waals surface area contributed by atoms with Gasteiger partial charge in [0.05, 0.1) is 17.1 Å². The van der Waals surface area contributed by atoms with Gasteiger partial charge in [-0.2, -0.15) is 0 Å². The van der Waals surface area contributed by atoms with Crippen LogP contribution in [-0.4, -0.2) is 28.5 Å². The molecule has 4 aromatic rings. The van der Waals surface area contributed by atoms with Gasteiger partial charge in [0.25, 0.3) is 0 Å². The number of nitrogens with one attached hydrogen (secondary N) is 4. The molecule has 0 saturated heterocycles. The van der Waals surface area contributed by atoms with Crippen LogP contribution in [-0.2, 0) is 11.2 Å². The number of aromatic nitrogens is 2. The summed E-state index contributed by atoms with van der Waals surface area (Å²) in [5.41, 5.74) is 3.57. The standard InChI is InChI=1S/C25H25N5O2/c31-23(15-16-26-25(32)27-19-11-5-2-6-12-19)28-22(17-18-9-3-1-4-10-18)24-29-20-13-7-8-14-21(20)30-24/h1-14,22H,15-17H2,(H,28,31)(H,29,30)(H2,26,27,32)/t22-/m0/s1. The highest BCUT2D eigenvalue weighted by atomic mass is 16.2. The Balaban J connectivity index is 1.36. The predicted molar refractivity (Wildman–Crippen MR) is 125 cm³/mol. The zero-order chi connectivity index (χ0) is 22.2. The van der Waals surface area contributed by atoms with Gasteiger partial charge in [0.15, 0.2) is 0 Å². The zero-order valence-electron chi connectivity index (χ0n) is 17.5. The lowest BCUT2D eigenvalue weighted by molar-refractivity contribution is -0.121. The summed E-state index contributed by atoms with van der Waals surface area (Å²) in [6, 6.07) is 26.2. The van der Waals surface area contributed by atoms with E-state index in [-0.39, 0.29) is 30.9 Å². The highest BCUT2D eigenvalue weighted by molar-refractivity contribution is 5.89. The lowest BCUT2D eigenvalue weighted by atomic mass is 10.1. The minimum Gasteiger partial charge on any atom is -0.346 e. The van der Waals surface area contributed by atoms with Crippen LogP contribution < -0.4 is 16.0 Å². The van der Waals surface area contributed by atoms with E-state index in [9.17, 15) is 9.59 Å². The van der Waals surface area contributed by atoms with Crippen LogP contribution in [0.2, 0.25) is 0 Å². The van der Waals surface area contributed by atoms with Crippen LogP contribution in [0, 0.1) is 0 Å². The quantitative estimate of drug-likeness (QED) is 0.340. The van der Waals surface area contributed by atoms with Crippen molar-refractivity contribution in [2.24, 2.45) is 0 Å². The van der Waals surface area contributed by atoms with E-state index in [0.717, 1.165) is 16.6 Å². The van der Waals surface area contributed by atoms with E-state index in [0.29, 0.717) is 17.9 Å². The maximum Gasteiger partial charge on any atom is 0.319 e. The first-order chi connectivity index (χ1) is 15.7. The summed E-state index contributed by atoms with van der Waals surface area (Å²) in [4.78, 5) is 32.6. The van der Waals surface area contributed by atoms with Crippen LogP contribution in [0.3, 0.4) is 0 Å². The van der Waals surface area contributed by atoms with Crippen molar-refractivity contribution in [2.75, 3.05) is 11.9 Å². The number of nitrogens with zero attached hydrogens (tertiary/aromatic N) is 1. The van der Waals surface area contributed by atoms with Crippen LogP contribution in [0.4, 0.5) is 10.5 Å². The SMILES string of the molecule is O=C(CCNC(=O)Nc1ccccc1)N[C@@H](Cc1ccccc1)c1nc2ccccc2[nH]1. The Hall–Kier alpha value is -4.13. The second kappa shape index (κ2) is 10.3. The summed E-state index contributed by atoms with van der Waals surface area (Å²) in [7, 11) is 0. The number of para-hydroxylation sites is 3. The first-order valence-corrected chi connectivity index (χ1v) is 10.6. The summed E-state index contributed by atoms with van der Waals surface area (Å²) in [5.74, 6) is 0.546. The molecule has 0 aliphatic heterocycles. The zero-order valence-corrected chi connectivity index (χ0v) is 17.5. The monoisotopic (exact) mass is 427 g/mol. The molecule has 0 saturated carbocycles.